The van der Waals surface area contributed by atoms with Crippen molar-refractivity contribution >= 4 is 33.1 Å². The topological polar surface area (TPSA) is 21.7 Å². The van der Waals surface area contributed by atoms with Crippen LogP contribution in [0.3, 0.4) is 0 Å². The number of ether oxygens (including phenoxy) is 2. The third kappa shape index (κ3) is 4.62. The van der Waals surface area contributed by atoms with Crippen molar-refractivity contribution < 1.29 is 9.47 Å². The highest BCUT2D eigenvalue weighted by Crippen LogP contribution is 2.37. The monoisotopic (exact) mass is 395 g/mol. The number of hydrogen-bond acceptors (Lipinski definition) is 3. The standard InChI is InChI=1S/C18H22BrNO2S/c1-4-10-22-17-15(19)11-14(12-16(17)21-5-2)18(23)20-8-6-13(3)7-9-20/h1,11-13H,5-10H2,2-3H3. The molecule has 0 spiro atoms. The fourth-order valence-electron chi connectivity index (χ4n) is 2.60. The minimum Gasteiger partial charge on any atom is -0.490 e. The molecule has 1 aromatic rings. The first kappa shape index (κ1) is 18.1. The lowest BCUT2D eigenvalue weighted by atomic mass is 9.99. The highest BCUT2D eigenvalue weighted by molar-refractivity contribution is 9.10. The molecule has 3 nitrogen and oxygen atoms in total. The Morgan fingerprint density at radius 1 is 1.39 bits per heavy atom. The molecule has 0 radical (unpaired) electrons. The zero-order chi connectivity index (χ0) is 16.8. The zero-order valence-electron chi connectivity index (χ0n) is 13.6. The van der Waals surface area contributed by atoms with Crippen molar-refractivity contribution in [2.75, 3.05) is 26.3 Å². The fourth-order valence-corrected chi connectivity index (χ4v) is 3.46. The highest BCUT2D eigenvalue weighted by Gasteiger charge is 2.21. The normalized spacial score (nSPS) is 15.1. The molecule has 1 fully saturated rings. The second kappa shape index (κ2) is 8.56. The maximum Gasteiger partial charge on any atom is 0.176 e. The van der Waals surface area contributed by atoms with Crippen LogP contribution in [0.15, 0.2) is 16.6 Å². The van der Waals surface area contributed by atoms with Crippen LogP contribution in [-0.4, -0.2) is 36.2 Å². The van der Waals surface area contributed by atoms with Gasteiger partial charge in [0.1, 0.15) is 11.6 Å². The summed E-state index contributed by atoms with van der Waals surface area (Å²) in [5.41, 5.74) is 0.970. The lowest BCUT2D eigenvalue weighted by molar-refractivity contribution is 0.283. The van der Waals surface area contributed by atoms with Crippen molar-refractivity contribution in [3.8, 4) is 23.8 Å². The SMILES string of the molecule is C#CCOc1c(Br)cc(C(=S)N2CCC(C)CC2)cc1OCC. The Labute approximate surface area is 152 Å². The molecule has 0 amide bonds. The number of hydrogen-bond donors (Lipinski definition) is 0. The third-order valence-corrected chi connectivity index (χ3v) is 5.01. The van der Waals surface area contributed by atoms with Gasteiger partial charge in [-0.05, 0) is 53.7 Å². The van der Waals surface area contributed by atoms with Crippen LogP contribution in [0.1, 0.15) is 32.3 Å². The van der Waals surface area contributed by atoms with E-state index in [-0.39, 0.29) is 6.61 Å². The molecular weight excluding hydrogens is 374 g/mol. The molecule has 1 heterocycles. The molecule has 23 heavy (non-hydrogen) atoms. The van der Waals surface area contributed by atoms with Crippen molar-refractivity contribution in [2.24, 2.45) is 5.92 Å². The maximum absolute atomic E-state index is 5.71. The van der Waals surface area contributed by atoms with Gasteiger partial charge in [0.15, 0.2) is 11.5 Å². The fraction of sp³-hybridized carbons (Fsp3) is 0.500. The number of terminal acetylenes is 1. The molecule has 0 saturated carbocycles. The summed E-state index contributed by atoms with van der Waals surface area (Å²) in [6, 6.07) is 3.93. The van der Waals surface area contributed by atoms with Crippen molar-refractivity contribution in [3.63, 3.8) is 0 Å². The number of likely N-dealkylation sites (tertiary alicyclic amines) is 1. The summed E-state index contributed by atoms with van der Waals surface area (Å²) < 4.78 is 12.1. The van der Waals surface area contributed by atoms with Crippen molar-refractivity contribution in [1.82, 2.24) is 4.90 Å². The lowest BCUT2D eigenvalue weighted by Gasteiger charge is -2.32. The summed E-state index contributed by atoms with van der Waals surface area (Å²) in [5, 5.41) is 0. The van der Waals surface area contributed by atoms with Crippen LogP contribution in [-0.2, 0) is 0 Å². The van der Waals surface area contributed by atoms with E-state index in [4.69, 9.17) is 28.1 Å². The summed E-state index contributed by atoms with van der Waals surface area (Å²) in [6.07, 6.45) is 7.65. The van der Waals surface area contributed by atoms with Gasteiger partial charge in [-0.2, -0.15) is 0 Å². The third-order valence-electron chi connectivity index (χ3n) is 3.93. The van der Waals surface area contributed by atoms with Crippen molar-refractivity contribution in [3.05, 3.63) is 22.2 Å². The molecule has 5 heteroatoms. The zero-order valence-corrected chi connectivity index (χ0v) is 16.0. The van der Waals surface area contributed by atoms with Gasteiger partial charge in [0, 0.05) is 18.7 Å². The van der Waals surface area contributed by atoms with Gasteiger partial charge in [-0.25, -0.2) is 0 Å². The average Bonchev–Trinajstić information content (AvgIpc) is 2.54. The molecule has 1 aliphatic heterocycles. The first-order valence-electron chi connectivity index (χ1n) is 7.88. The second-order valence-corrected chi connectivity index (χ2v) is 6.93. The van der Waals surface area contributed by atoms with Crippen LogP contribution < -0.4 is 9.47 Å². The molecule has 0 unspecified atom stereocenters. The summed E-state index contributed by atoms with van der Waals surface area (Å²) in [5.74, 6) is 4.55. The van der Waals surface area contributed by atoms with E-state index in [9.17, 15) is 0 Å². The highest BCUT2D eigenvalue weighted by atomic mass is 79.9. The van der Waals surface area contributed by atoms with Crippen LogP contribution >= 0.6 is 28.1 Å². The van der Waals surface area contributed by atoms with E-state index < -0.39 is 0 Å². The van der Waals surface area contributed by atoms with E-state index >= 15 is 0 Å². The van der Waals surface area contributed by atoms with E-state index in [1.807, 2.05) is 19.1 Å². The van der Waals surface area contributed by atoms with Crippen molar-refractivity contribution in [2.45, 2.75) is 26.7 Å². The van der Waals surface area contributed by atoms with Crippen LogP contribution in [0.25, 0.3) is 0 Å². The van der Waals surface area contributed by atoms with E-state index in [0.717, 1.165) is 34.0 Å². The van der Waals surface area contributed by atoms with Gasteiger partial charge in [-0.1, -0.05) is 25.1 Å². The number of thiocarbonyl (C=S) groups is 1. The molecule has 1 saturated heterocycles. The summed E-state index contributed by atoms with van der Waals surface area (Å²) in [6.45, 7) is 7.01. The predicted molar refractivity (Wildman–Crippen MR) is 101 cm³/mol. The summed E-state index contributed by atoms with van der Waals surface area (Å²) >= 11 is 9.24. The number of nitrogens with zero attached hydrogens (tertiary/aromatic N) is 1. The van der Waals surface area contributed by atoms with Gasteiger partial charge >= 0.3 is 0 Å². The van der Waals surface area contributed by atoms with Crippen LogP contribution in [0.2, 0.25) is 0 Å². The molecular formula is C18H22BrNO2S. The molecule has 0 atom stereocenters. The number of halogens is 1. The quantitative estimate of drug-likeness (QED) is 0.548. The molecule has 1 aliphatic rings. The molecule has 1 aromatic carbocycles. The van der Waals surface area contributed by atoms with Gasteiger partial charge in [0.05, 0.1) is 11.1 Å². The molecule has 0 bridgehead atoms. The number of rotatable bonds is 5. The Balaban J connectivity index is 2.25. The Hall–Kier alpha value is -1.25. The number of piperidine rings is 1. The summed E-state index contributed by atoms with van der Waals surface area (Å²) in [7, 11) is 0. The Kier molecular flexibility index (Phi) is 6.73. The summed E-state index contributed by atoms with van der Waals surface area (Å²) in [4.78, 5) is 3.14. The van der Waals surface area contributed by atoms with Crippen LogP contribution in [0, 0.1) is 18.3 Å². The molecule has 0 N–H and O–H groups in total. The Morgan fingerprint density at radius 2 is 2.09 bits per heavy atom. The smallest absolute Gasteiger partial charge is 0.176 e. The lowest BCUT2D eigenvalue weighted by Crippen LogP contribution is -2.37. The first-order chi connectivity index (χ1) is 11.1. The maximum atomic E-state index is 5.71. The molecule has 0 aliphatic carbocycles. The van der Waals surface area contributed by atoms with E-state index in [1.165, 1.54) is 12.8 Å². The molecule has 0 aromatic heterocycles. The van der Waals surface area contributed by atoms with Crippen LogP contribution in [0.5, 0.6) is 11.5 Å². The minimum absolute atomic E-state index is 0.201. The van der Waals surface area contributed by atoms with Gasteiger partial charge in [-0.3, -0.25) is 0 Å². The van der Waals surface area contributed by atoms with Gasteiger partial charge in [0.2, 0.25) is 0 Å². The van der Waals surface area contributed by atoms with Gasteiger partial charge in [0.25, 0.3) is 0 Å². The van der Waals surface area contributed by atoms with Gasteiger partial charge in [-0.15, -0.1) is 6.42 Å². The first-order valence-corrected chi connectivity index (χ1v) is 9.08. The molecule has 2 rings (SSSR count). The number of benzene rings is 1. The van der Waals surface area contributed by atoms with Crippen molar-refractivity contribution in [1.29, 1.82) is 0 Å². The van der Waals surface area contributed by atoms with Gasteiger partial charge < -0.3 is 14.4 Å². The minimum atomic E-state index is 0.201. The second-order valence-electron chi connectivity index (χ2n) is 5.69. The predicted octanol–water partition coefficient (Wildman–Crippen LogP) is 4.27. The van der Waals surface area contributed by atoms with E-state index in [1.54, 1.807) is 0 Å². The van der Waals surface area contributed by atoms with E-state index in [0.29, 0.717) is 18.1 Å². The Morgan fingerprint density at radius 3 is 2.70 bits per heavy atom. The van der Waals surface area contributed by atoms with Crippen LogP contribution in [0.4, 0.5) is 0 Å². The average molecular weight is 396 g/mol. The Bertz CT molecular complexity index is 604. The van der Waals surface area contributed by atoms with E-state index in [2.05, 4.69) is 33.7 Å². The largest absolute Gasteiger partial charge is 0.490 e. The molecule has 124 valence electrons.